The molecule has 1 saturated heterocycles. The maximum absolute atomic E-state index is 6.26. The molecule has 1 aromatic rings. The highest BCUT2D eigenvalue weighted by molar-refractivity contribution is 6.20. The Bertz CT molecular complexity index is 409. The van der Waals surface area contributed by atoms with Crippen LogP contribution in [0.1, 0.15) is 30.7 Å². The third-order valence-corrected chi connectivity index (χ3v) is 4.37. The number of halogens is 1. The van der Waals surface area contributed by atoms with Crippen LogP contribution in [0.2, 0.25) is 0 Å². The van der Waals surface area contributed by atoms with Gasteiger partial charge in [-0.3, -0.25) is 0 Å². The number of benzene rings is 1. The van der Waals surface area contributed by atoms with Crippen LogP contribution in [-0.2, 0) is 0 Å². The van der Waals surface area contributed by atoms with Gasteiger partial charge in [0.1, 0.15) is 5.75 Å². The Morgan fingerprint density at radius 2 is 2.17 bits per heavy atom. The lowest BCUT2D eigenvalue weighted by atomic mass is 9.92. The number of rotatable bonds is 2. The fraction of sp³-hybridized carbons (Fsp3) is 0.600. The van der Waals surface area contributed by atoms with Gasteiger partial charge in [0, 0.05) is 24.4 Å². The molecule has 2 aliphatic rings. The van der Waals surface area contributed by atoms with Crippen molar-refractivity contribution in [2.45, 2.75) is 30.6 Å². The van der Waals surface area contributed by atoms with Crippen LogP contribution in [0.4, 0.5) is 0 Å². The molecule has 18 heavy (non-hydrogen) atoms. The summed E-state index contributed by atoms with van der Waals surface area (Å²) in [5, 5.41) is 0.342. The first kappa shape index (κ1) is 12.3. The Morgan fingerprint density at radius 3 is 3.06 bits per heavy atom. The van der Waals surface area contributed by atoms with Crippen molar-refractivity contribution in [1.29, 1.82) is 0 Å². The molecular weight excluding hydrogens is 246 g/mol. The van der Waals surface area contributed by atoms with Crippen LogP contribution in [0, 0.1) is 0 Å². The first-order valence-corrected chi connectivity index (χ1v) is 7.35. The zero-order valence-corrected chi connectivity index (χ0v) is 11.4. The molecule has 0 saturated carbocycles. The first-order valence-electron chi connectivity index (χ1n) is 6.91. The molecule has 0 radical (unpaired) electrons. The van der Waals surface area contributed by atoms with E-state index in [1.54, 1.807) is 0 Å². The summed E-state index contributed by atoms with van der Waals surface area (Å²) < 4.78 is 5.72. The van der Waals surface area contributed by atoms with Crippen LogP contribution in [0.25, 0.3) is 0 Å². The van der Waals surface area contributed by atoms with Gasteiger partial charge in [-0.1, -0.05) is 18.2 Å². The maximum atomic E-state index is 6.26. The van der Waals surface area contributed by atoms with E-state index in [0.717, 1.165) is 31.9 Å². The monoisotopic (exact) mass is 265 g/mol. The molecule has 0 N–H and O–H groups in total. The van der Waals surface area contributed by atoms with Gasteiger partial charge in [-0.05, 0) is 37.4 Å². The second-order valence-corrected chi connectivity index (χ2v) is 5.99. The molecule has 0 spiro atoms. The molecule has 3 heteroatoms. The van der Waals surface area contributed by atoms with E-state index in [9.17, 15) is 0 Å². The predicted molar refractivity (Wildman–Crippen MR) is 74.6 cm³/mol. The normalized spacial score (nSPS) is 28.5. The zero-order chi connectivity index (χ0) is 12.4. The standard InChI is InChI=1S/C15H20ClNO/c16-13-4-3-8-17(11-13)10-12-7-9-18-15-6-2-1-5-14(12)15/h1-2,5-6,12-13H,3-4,7-11H2. The number of alkyl halides is 1. The highest BCUT2D eigenvalue weighted by Gasteiger charge is 2.25. The molecule has 0 bridgehead atoms. The molecule has 1 aromatic carbocycles. The number of ether oxygens (including phenoxy) is 1. The summed E-state index contributed by atoms with van der Waals surface area (Å²) in [6, 6.07) is 8.46. The molecule has 0 amide bonds. The Kier molecular flexibility index (Phi) is 3.76. The number of piperidine rings is 1. The van der Waals surface area contributed by atoms with Crippen molar-refractivity contribution < 1.29 is 4.74 Å². The lowest BCUT2D eigenvalue weighted by molar-refractivity contribution is 0.190. The second kappa shape index (κ2) is 5.50. The van der Waals surface area contributed by atoms with Crippen LogP contribution in [0.15, 0.2) is 24.3 Å². The van der Waals surface area contributed by atoms with Crippen molar-refractivity contribution in [2.24, 2.45) is 0 Å². The highest BCUT2D eigenvalue weighted by Crippen LogP contribution is 2.34. The number of hydrogen-bond donors (Lipinski definition) is 0. The first-order chi connectivity index (χ1) is 8.83. The lowest BCUT2D eigenvalue weighted by Crippen LogP contribution is -2.39. The summed E-state index contributed by atoms with van der Waals surface area (Å²) in [6.07, 6.45) is 3.53. The van der Waals surface area contributed by atoms with Gasteiger partial charge in [0.25, 0.3) is 0 Å². The zero-order valence-electron chi connectivity index (χ0n) is 10.6. The van der Waals surface area contributed by atoms with Crippen LogP contribution >= 0.6 is 11.6 Å². The average Bonchev–Trinajstić information content (AvgIpc) is 2.39. The van der Waals surface area contributed by atoms with E-state index >= 15 is 0 Å². The fourth-order valence-electron chi connectivity index (χ4n) is 3.08. The molecule has 3 rings (SSSR count). The van der Waals surface area contributed by atoms with Crippen molar-refractivity contribution in [3.05, 3.63) is 29.8 Å². The van der Waals surface area contributed by atoms with Gasteiger partial charge in [-0.15, -0.1) is 11.6 Å². The summed E-state index contributed by atoms with van der Waals surface area (Å²) in [5.41, 5.74) is 1.38. The van der Waals surface area contributed by atoms with Crippen molar-refractivity contribution in [1.82, 2.24) is 4.90 Å². The largest absolute Gasteiger partial charge is 0.493 e. The number of likely N-dealkylation sites (tertiary alicyclic amines) is 1. The van der Waals surface area contributed by atoms with E-state index in [4.69, 9.17) is 16.3 Å². The van der Waals surface area contributed by atoms with Crippen molar-refractivity contribution in [2.75, 3.05) is 26.2 Å². The summed E-state index contributed by atoms with van der Waals surface area (Å²) in [5.74, 6) is 1.69. The summed E-state index contributed by atoms with van der Waals surface area (Å²) >= 11 is 6.26. The molecule has 2 atom stereocenters. The second-order valence-electron chi connectivity index (χ2n) is 5.37. The molecule has 0 aliphatic carbocycles. The molecule has 1 fully saturated rings. The fourth-order valence-corrected chi connectivity index (χ4v) is 3.43. The number of fused-ring (bicyclic) bond motifs is 1. The van der Waals surface area contributed by atoms with Gasteiger partial charge in [0.05, 0.1) is 6.61 Å². The third-order valence-electron chi connectivity index (χ3n) is 4.01. The number of nitrogens with zero attached hydrogens (tertiary/aromatic N) is 1. The third kappa shape index (κ3) is 2.65. The predicted octanol–water partition coefficient (Wildman–Crippen LogP) is 3.26. The van der Waals surface area contributed by atoms with Gasteiger partial charge in [0.2, 0.25) is 0 Å². The maximum Gasteiger partial charge on any atom is 0.122 e. The van der Waals surface area contributed by atoms with Gasteiger partial charge >= 0.3 is 0 Å². The van der Waals surface area contributed by atoms with E-state index in [2.05, 4.69) is 29.2 Å². The molecule has 98 valence electrons. The van der Waals surface area contributed by atoms with E-state index in [0.29, 0.717) is 11.3 Å². The van der Waals surface area contributed by atoms with Gasteiger partial charge in [-0.2, -0.15) is 0 Å². The molecule has 2 heterocycles. The number of para-hydroxylation sites is 1. The molecule has 2 unspecified atom stereocenters. The van der Waals surface area contributed by atoms with Crippen molar-refractivity contribution in [3.8, 4) is 5.75 Å². The molecule has 2 aliphatic heterocycles. The van der Waals surface area contributed by atoms with Gasteiger partial charge in [-0.25, -0.2) is 0 Å². The minimum Gasteiger partial charge on any atom is -0.493 e. The van der Waals surface area contributed by atoms with Gasteiger partial charge in [0.15, 0.2) is 0 Å². The minimum atomic E-state index is 0.342. The Labute approximate surface area is 114 Å². The molecule has 0 aromatic heterocycles. The Morgan fingerprint density at radius 1 is 1.28 bits per heavy atom. The van der Waals surface area contributed by atoms with E-state index in [1.165, 1.54) is 24.9 Å². The highest BCUT2D eigenvalue weighted by atomic mass is 35.5. The van der Waals surface area contributed by atoms with Crippen LogP contribution in [-0.4, -0.2) is 36.5 Å². The van der Waals surface area contributed by atoms with Crippen LogP contribution in [0.3, 0.4) is 0 Å². The Balaban J connectivity index is 1.70. The topological polar surface area (TPSA) is 12.5 Å². The van der Waals surface area contributed by atoms with E-state index < -0.39 is 0 Å². The SMILES string of the molecule is ClC1CCCN(CC2CCOc3ccccc32)C1. The Hall–Kier alpha value is -0.730. The van der Waals surface area contributed by atoms with Gasteiger partial charge < -0.3 is 9.64 Å². The minimum absolute atomic E-state index is 0.342. The van der Waals surface area contributed by atoms with Crippen LogP contribution in [0.5, 0.6) is 5.75 Å². The quantitative estimate of drug-likeness (QED) is 0.761. The summed E-state index contributed by atoms with van der Waals surface area (Å²) in [4.78, 5) is 2.52. The number of hydrogen-bond acceptors (Lipinski definition) is 2. The van der Waals surface area contributed by atoms with Crippen LogP contribution < -0.4 is 4.74 Å². The summed E-state index contributed by atoms with van der Waals surface area (Å²) in [7, 11) is 0. The average molecular weight is 266 g/mol. The lowest BCUT2D eigenvalue weighted by Gasteiger charge is -2.34. The molecular formula is C15H20ClNO. The van der Waals surface area contributed by atoms with Crippen molar-refractivity contribution in [3.63, 3.8) is 0 Å². The smallest absolute Gasteiger partial charge is 0.122 e. The molecule has 2 nitrogen and oxygen atoms in total. The summed E-state index contributed by atoms with van der Waals surface area (Å²) in [6.45, 7) is 4.22. The van der Waals surface area contributed by atoms with E-state index in [-0.39, 0.29) is 0 Å². The van der Waals surface area contributed by atoms with E-state index in [1.807, 2.05) is 0 Å². The van der Waals surface area contributed by atoms with Crippen molar-refractivity contribution >= 4 is 11.6 Å².